The highest BCUT2D eigenvalue weighted by molar-refractivity contribution is 7.81. The number of anilines is 1. The third-order valence-electron chi connectivity index (χ3n) is 3.32. The molecule has 0 radical (unpaired) electrons. The fourth-order valence-corrected chi connectivity index (χ4v) is 2.77. The molecule has 0 saturated heterocycles. The summed E-state index contributed by atoms with van der Waals surface area (Å²) < 4.78 is 24.7. The summed E-state index contributed by atoms with van der Waals surface area (Å²) in [5.74, 6) is -0.265. The van der Waals surface area contributed by atoms with Crippen LogP contribution in [0.2, 0.25) is 0 Å². The molecule has 0 amide bonds. The zero-order chi connectivity index (χ0) is 17.5. The van der Waals surface area contributed by atoms with Crippen molar-refractivity contribution >= 4 is 28.5 Å². The standard InChI is InChI=1S/C17H18N2O4S/c1-4-6-11-22-24(21)19-13-9-7-12(8-10-13)15-14(5-2)23-17(20)16(15)18-3/h5,7-10,19H,4,6,11H2,1-2H3. The highest BCUT2D eigenvalue weighted by atomic mass is 32.2. The molecule has 0 bridgehead atoms. The molecule has 126 valence electrons. The molecule has 1 unspecified atom stereocenters. The van der Waals surface area contributed by atoms with Crippen molar-refractivity contribution in [3.05, 3.63) is 58.8 Å². The number of esters is 1. The second kappa shape index (κ2) is 8.43. The van der Waals surface area contributed by atoms with Gasteiger partial charge in [-0.1, -0.05) is 25.5 Å². The van der Waals surface area contributed by atoms with Crippen LogP contribution in [-0.4, -0.2) is 16.8 Å². The average molecular weight is 346 g/mol. The second-order valence-electron chi connectivity index (χ2n) is 4.97. The maximum atomic E-state index is 11.7. The van der Waals surface area contributed by atoms with Gasteiger partial charge in [0.1, 0.15) is 5.76 Å². The van der Waals surface area contributed by atoms with Crippen molar-refractivity contribution in [3.8, 4) is 0 Å². The Labute approximate surface area is 143 Å². The number of allylic oxidation sites excluding steroid dienone is 2. The Kier molecular flexibility index (Phi) is 6.29. The van der Waals surface area contributed by atoms with E-state index in [2.05, 4.69) is 9.57 Å². The van der Waals surface area contributed by atoms with Gasteiger partial charge < -0.3 is 4.74 Å². The summed E-state index contributed by atoms with van der Waals surface area (Å²) in [4.78, 5) is 15.0. The monoisotopic (exact) mass is 346 g/mol. The molecule has 1 heterocycles. The van der Waals surface area contributed by atoms with Crippen LogP contribution in [0.5, 0.6) is 0 Å². The number of unbranched alkanes of at least 4 members (excludes halogenated alkanes) is 1. The lowest BCUT2D eigenvalue weighted by Gasteiger charge is -2.08. The van der Waals surface area contributed by atoms with E-state index in [0.717, 1.165) is 12.8 Å². The number of carbonyl (C=O) groups excluding carboxylic acids is 1. The van der Waals surface area contributed by atoms with Gasteiger partial charge >= 0.3 is 5.97 Å². The van der Waals surface area contributed by atoms with Gasteiger partial charge in [-0.2, -0.15) is 0 Å². The first-order chi connectivity index (χ1) is 11.6. The van der Waals surface area contributed by atoms with E-state index >= 15 is 0 Å². The van der Waals surface area contributed by atoms with Crippen molar-refractivity contribution in [2.24, 2.45) is 0 Å². The number of benzene rings is 1. The van der Waals surface area contributed by atoms with Gasteiger partial charge in [0, 0.05) is 11.3 Å². The van der Waals surface area contributed by atoms with E-state index < -0.39 is 17.2 Å². The largest absolute Gasteiger partial charge is 0.432 e. The number of hydrogen-bond donors (Lipinski definition) is 1. The van der Waals surface area contributed by atoms with Gasteiger partial charge in [-0.05, 0) is 37.1 Å². The van der Waals surface area contributed by atoms with Crippen molar-refractivity contribution in [1.82, 2.24) is 0 Å². The van der Waals surface area contributed by atoms with Crippen molar-refractivity contribution in [2.45, 2.75) is 26.7 Å². The summed E-state index contributed by atoms with van der Waals surface area (Å²) in [6.07, 6.45) is 3.47. The van der Waals surface area contributed by atoms with E-state index in [9.17, 15) is 9.00 Å². The van der Waals surface area contributed by atoms with E-state index in [4.69, 9.17) is 15.5 Å². The predicted molar refractivity (Wildman–Crippen MR) is 92.4 cm³/mol. The summed E-state index contributed by atoms with van der Waals surface area (Å²) in [6, 6.07) is 6.89. The zero-order valence-corrected chi connectivity index (χ0v) is 14.3. The highest BCUT2D eigenvalue weighted by Crippen LogP contribution is 2.35. The van der Waals surface area contributed by atoms with Crippen LogP contribution in [0.4, 0.5) is 5.69 Å². The minimum atomic E-state index is -1.60. The summed E-state index contributed by atoms with van der Waals surface area (Å²) in [6.45, 7) is 11.4. The maximum absolute atomic E-state index is 11.7. The van der Waals surface area contributed by atoms with Crippen molar-refractivity contribution in [2.75, 3.05) is 11.3 Å². The quantitative estimate of drug-likeness (QED) is 0.465. The van der Waals surface area contributed by atoms with Gasteiger partial charge in [0.05, 0.1) is 13.2 Å². The minimum Gasteiger partial charge on any atom is -0.432 e. The smallest absolute Gasteiger partial charge is 0.342 e. The maximum Gasteiger partial charge on any atom is 0.342 e. The number of rotatable bonds is 7. The van der Waals surface area contributed by atoms with Crippen LogP contribution >= 0.6 is 0 Å². The normalized spacial score (nSPS) is 16.9. The molecule has 24 heavy (non-hydrogen) atoms. The van der Waals surface area contributed by atoms with Crippen LogP contribution in [-0.2, 0) is 25.0 Å². The molecule has 0 aliphatic carbocycles. The van der Waals surface area contributed by atoms with E-state index in [-0.39, 0.29) is 5.70 Å². The Bertz CT molecular complexity index is 745. The molecule has 1 aliphatic heterocycles. The summed E-state index contributed by atoms with van der Waals surface area (Å²) in [5.41, 5.74) is 1.74. The van der Waals surface area contributed by atoms with Crippen LogP contribution in [0.3, 0.4) is 0 Å². The minimum absolute atomic E-state index is 0.0321. The van der Waals surface area contributed by atoms with Gasteiger partial charge in [-0.25, -0.2) is 9.05 Å². The molecule has 0 fully saturated rings. The fourth-order valence-electron chi connectivity index (χ4n) is 2.11. The Morgan fingerprint density at radius 1 is 1.38 bits per heavy atom. The van der Waals surface area contributed by atoms with Crippen molar-refractivity contribution in [1.29, 1.82) is 0 Å². The van der Waals surface area contributed by atoms with E-state index in [1.807, 2.05) is 6.92 Å². The molecule has 0 spiro atoms. The molecule has 2 rings (SSSR count). The lowest BCUT2D eigenvalue weighted by molar-refractivity contribution is -0.132. The van der Waals surface area contributed by atoms with Gasteiger partial charge in [0.15, 0.2) is 0 Å². The first kappa shape index (κ1) is 17.9. The summed E-state index contributed by atoms with van der Waals surface area (Å²) in [5, 5.41) is 0. The zero-order valence-electron chi connectivity index (χ0n) is 13.5. The number of carbonyl (C=O) groups is 1. The molecule has 1 aromatic rings. The molecule has 1 atom stereocenters. The van der Waals surface area contributed by atoms with Crippen LogP contribution in [0.25, 0.3) is 10.4 Å². The molecule has 0 saturated carbocycles. The third-order valence-corrected chi connectivity index (χ3v) is 4.10. The molecular weight excluding hydrogens is 328 g/mol. The topological polar surface area (TPSA) is 69.0 Å². The number of cyclic esters (lactones) is 1. The molecule has 0 aromatic heterocycles. The van der Waals surface area contributed by atoms with E-state index in [1.54, 1.807) is 37.3 Å². The molecule has 7 heteroatoms. The molecule has 6 nitrogen and oxygen atoms in total. The highest BCUT2D eigenvalue weighted by Gasteiger charge is 2.30. The summed E-state index contributed by atoms with van der Waals surface area (Å²) in [7, 11) is 0. The van der Waals surface area contributed by atoms with Crippen LogP contribution in [0.1, 0.15) is 32.3 Å². The second-order valence-corrected chi connectivity index (χ2v) is 5.88. The lowest BCUT2D eigenvalue weighted by atomic mass is 10.0. The predicted octanol–water partition coefficient (Wildman–Crippen LogP) is 3.58. The third kappa shape index (κ3) is 4.10. The van der Waals surface area contributed by atoms with E-state index in [0.29, 0.717) is 29.2 Å². The van der Waals surface area contributed by atoms with E-state index in [1.165, 1.54) is 0 Å². The average Bonchev–Trinajstić information content (AvgIpc) is 2.91. The van der Waals surface area contributed by atoms with Gasteiger partial charge in [-0.15, -0.1) is 0 Å². The van der Waals surface area contributed by atoms with Crippen LogP contribution in [0, 0.1) is 6.57 Å². The number of nitrogens with zero attached hydrogens (tertiary/aromatic N) is 1. The van der Waals surface area contributed by atoms with Crippen molar-refractivity contribution in [3.63, 3.8) is 0 Å². The number of ether oxygens (including phenoxy) is 1. The van der Waals surface area contributed by atoms with Crippen LogP contribution in [0.15, 0.2) is 41.8 Å². The Hall–Kier alpha value is -2.43. The van der Waals surface area contributed by atoms with Gasteiger partial charge in [-0.3, -0.25) is 13.7 Å². The molecular formula is C17H18N2O4S. The number of nitrogens with one attached hydrogen (secondary N) is 1. The SMILES string of the molecule is [C-]#[N+]C1=C(c2ccc(NS(=O)OCCCC)cc2)C(=CC)OC1=O. The first-order valence-electron chi connectivity index (χ1n) is 7.53. The number of hydrogen-bond acceptors (Lipinski definition) is 4. The van der Waals surface area contributed by atoms with Gasteiger partial charge in [0.2, 0.25) is 0 Å². The van der Waals surface area contributed by atoms with Crippen LogP contribution < -0.4 is 4.72 Å². The molecule has 1 N–H and O–H groups in total. The Balaban J connectivity index is 2.15. The molecule has 1 aliphatic rings. The van der Waals surface area contributed by atoms with Gasteiger partial charge in [0.25, 0.3) is 17.0 Å². The first-order valence-corrected chi connectivity index (χ1v) is 8.61. The van der Waals surface area contributed by atoms with Crippen molar-refractivity contribution < 1.29 is 17.9 Å². The summed E-state index contributed by atoms with van der Waals surface area (Å²) >= 11 is -1.60. The molecule has 1 aromatic carbocycles. The Morgan fingerprint density at radius 2 is 2.08 bits per heavy atom. The Morgan fingerprint density at radius 3 is 2.67 bits per heavy atom. The fraction of sp³-hybridized carbons (Fsp3) is 0.294. The lowest BCUT2D eigenvalue weighted by Crippen LogP contribution is -2.09.